The van der Waals surface area contributed by atoms with Crippen LogP contribution in [0.15, 0.2) is 48.5 Å². The number of aliphatic carboxylic acids is 1. The molecule has 4 rings (SSSR count). The van der Waals surface area contributed by atoms with Crippen LogP contribution in [-0.2, 0) is 16.0 Å². The predicted molar refractivity (Wildman–Crippen MR) is 106 cm³/mol. The van der Waals surface area contributed by atoms with Crippen molar-refractivity contribution in [2.24, 2.45) is 0 Å². The number of nitrogens with zero attached hydrogens (tertiary/aromatic N) is 4. The van der Waals surface area contributed by atoms with Gasteiger partial charge < -0.3 is 15.2 Å². The molecule has 3 aromatic rings. The quantitative estimate of drug-likeness (QED) is 0.638. The first-order valence-electron chi connectivity index (χ1n) is 9.40. The zero-order valence-electron chi connectivity index (χ0n) is 16.1. The number of hydrogen-bond donors (Lipinski definition) is 2. The molecule has 0 saturated carbocycles. The summed E-state index contributed by atoms with van der Waals surface area (Å²) in [6.07, 6.45) is -0.975. The normalized spacial score (nSPS) is 13.2. The fourth-order valence-corrected chi connectivity index (χ4v) is 3.55. The maximum atomic E-state index is 12.3. The average Bonchev–Trinajstić information content (AvgIpc) is 3.07. The molecule has 1 amide bonds. The van der Waals surface area contributed by atoms with E-state index in [1.54, 1.807) is 6.92 Å². The van der Waals surface area contributed by atoms with Crippen molar-refractivity contribution in [3.8, 4) is 11.1 Å². The third-order valence-corrected chi connectivity index (χ3v) is 4.94. The topological polar surface area (TPSA) is 127 Å². The number of nitrogens with one attached hydrogen (secondary N) is 1. The van der Waals surface area contributed by atoms with Crippen LogP contribution in [0.25, 0.3) is 11.1 Å². The number of ether oxygens (including phenoxy) is 1. The van der Waals surface area contributed by atoms with E-state index in [2.05, 4.69) is 25.7 Å². The van der Waals surface area contributed by atoms with Gasteiger partial charge >= 0.3 is 12.1 Å². The number of carboxylic acids is 1. The van der Waals surface area contributed by atoms with Crippen LogP contribution in [0.1, 0.15) is 28.7 Å². The highest BCUT2D eigenvalue weighted by molar-refractivity contribution is 5.81. The van der Waals surface area contributed by atoms with Crippen molar-refractivity contribution in [2.75, 3.05) is 6.61 Å². The Bertz CT molecular complexity index is 1040. The summed E-state index contributed by atoms with van der Waals surface area (Å²) in [6.45, 7) is 1.71. The second kappa shape index (κ2) is 8.24. The number of carboxylic acid groups (broad SMARTS) is 1. The fraction of sp³-hybridized carbons (Fsp3) is 0.238. The SMILES string of the molecule is Cc1nnc(CC(NC(=O)OCC2c3ccccc3-c3ccccc32)C(=O)O)nn1. The number of fused-ring (bicyclic) bond motifs is 3. The summed E-state index contributed by atoms with van der Waals surface area (Å²) in [4.78, 5) is 23.8. The molecule has 1 unspecified atom stereocenters. The highest BCUT2D eigenvalue weighted by atomic mass is 16.5. The molecule has 1 aliphatic rings. The lowest BCUT2D eigenvalue weighted by Gasteiger charge is -2.17. The number of hydrogen-bond acceptors (Lipinski definition) is 7. The molecule has 0 aliphatic heterocycles. The standard InChI is InChI=1S/C21H19N5O4/c1-12-23-25-19(26-24-12)10-18(20(27)28)22-21(29)30-11-17-15-8-4-2-6-13(15)14-7-3-5-9-16(14)17/h2-9,17-18H,10-11H2,1H3,(H,22,29)(H,27,28). The monoisotopic (exact) mass is 405 g/mol. The van der Waals surface area contributed by atoms with Crippen molar-refractivity contribution in [3.05, 3.63) is 71.3 Å². The average molecular weight is 405 g/mol. The van der Waals surface area contributed by atoms with Crippen molar-refractivity contribution in [2.45, 2.75) is 25.3 Å². The molecule has 0 fully saturated rings. The molecule has 2 aromatic carbocycles. The molecule has 0 spiro atoms. The zero-order valence-corrected chi connectivity index (χ0v) is 16.1. The van der Waals surface area contributed by atoms with E-state index in [1.807, 2.05) is 48.5 Å². The van der Waals surface area contributed by atoms with Crippen molar-refractivity contribution in [1.82, 2.24) is 25.7 Å². The van der Waals surface area contributed by atoms with Crippen LogP contribution in [0.5, 0.6) is 0 Å². The van der Waals surface area contributed by atoms with Crippen LogP contribution in [0, 0.1) is 6.92 Å². The van der Waals surface area contributed by atoms with Gasteiger partial charge in [0.1, 0.15) is 12.6 Å². The van der Waals surface area contributed by atoms with Gasteiger partial charge in [0, 0.05) is 12.3 Å². The van der Waals surface area contributed by atoms with Gasteiger partial charge in [-0.3, -0.25) is 0 Å². The molecule has 0 saturated heterocycles. The summed E-state index contributed by atoms with van der Waals surface area (Å²) < 4.78 is 5.39. The molecule has 30 heavy (non-hydrogen) atoms. The van der Waals surface area contributed by atoms with E-state index in [9.17, 15) is 14.7 Å². The second-order valence-corrected chi connectivity index (χ2v) is 6.93. The number of carbonyl (C=O) groups excluding carboxylic acids is 1. The highest BCUT2D eigenvalue weighted by Gasteiger charge is 2.30. The number of rotatable bonds is 6. The Morgan fingerprint density at radius 1 is 1.00 bits per heavy atom. The lowest BCUT2D eigenvalue weighted by molar-refractivity contribution is -0.139. The van der Waals surface area contributed by atoms with Crippen LogP contribution < -0.4 is 5.32 Å². The lowest BCUT2D eigenvalue weighted by Crippen LogP contribution is -2.43. The molecular formula is C21H19N5O4. The molecule has 1 aromatic heterocycles. The maximum absolute atomic E-state index is 12.3. The second-order valence-electron chi connectivity index (χ2n) is 6.93. The van der Waals surface area contributed by atoms with Gasteiger partial charge in [0.2, 0.25) is 0 Å². The first-order chi connectivity index (χ1) is 14.5. The number of aromatic nitrogens is 4. The number of alkyl carbamates (subject to hydrolysis) is 1. The number of benzene rings is 2. The van der Waals surface area contributed by atoms with E-state index in [0.717, 1.165) is 22.3 Å². The van der Waals surface area contributed by atoms with E-state index < -0.39 is 18.1 Å². The largest absolute Gasteiger partial charge is 0.480 e. The molecule has 9 heteroatoms. The molecule has 152 valence electrons. The molecule has 1 heterocycles. The predicted octanol–water partition coefficient (Wildman–Crippen LogP) is 2.11. The van der Waals surface area contributed by atoms with Gasteiger partial charge in [0.25, 0.3) is 0 Å². The fourth-order valence-electron chi connectivity index (χ4n) is 3.55. The molecule has 2 N–H and O–H groups in total. The minimum absolute atomic E-state index is 0.0936. The maximum Gasteiger partial charge on any atom is 0.407 e. The Morgan fingerprint density at radius 2 is 1.57 bits per heavy atom. The van der Waals surface area contributed by atoms with Gasteiger partial charge in [-0.25, -0.2) is 9.59 Å². The van der Waals surface area contributed by atoms with Gasteiger partial charge in [-0.1, -0.05) is 48.5 Å². The van der Waals surface area contributed by atoms with Crippen molar-refractivity contribution in [1.29, 1.82) is 0 Å². The smallest absolute Gasteiger partial charge is 0.407 e. The molecule has 0 bridgehead atoms. The molecule has 0 radical (unpaired) electrons. The Morgan fingerprint density at radius 3 is 2.13 bits per heavy atom. The zero-order chi connectivity index (χ0) is 21.1. The van der Waals surface area contributed by atoms with Crippen LogP contribution in [0.4, 0.5) is 4.79 Å². The third-order valence-electron chi connectivity index (χ3n) is 4.94. The molecule has 1 atom stereocenters. The first kappa shape index (κ1) is 19.4. The number of aryl methyl sites for hydroxylation is 1. The number of carbonyl (C=O) groups is 2. The van der Waals surface area contributed by atoms with Crippen LogP contribution in [-0.4, -0.2) is 50.2 Å². The Labute approximate surface area is 172 Å². The highest BCUT2D eigenvalue weighted by Crippen LogP contribution is 2.44. The molecule has 9 nitrogen and oxygen atoms in total. The van der Waals surface area contributed by atoms with Gasteiger partial charge in [-0.15, -0.1) is 20.4 Å². The van der Waals surface area contributed by atoms with Crippen molar-refractivity contribution >= 4 is 12.1 Å². The molecular weight excluding hydrogens is 386 g/mol. The van der Waals surface area contributed by atoms with E-state index in [-0.39, 0.29) is 24.8 Å². The van der Waals surface area contributed by atoms with Gasteiger partial charge in [0.05, 0.1) is 0 Å². The van der Waals surface area contributed by atoms with E-state index in [1.165, 1.54) is 0 Å². The summed E-state index contributed by atoms with van der Waals surface area (Å²) in [7, 11) is 0. The Balaban J connectivity index is 1.43. The third kappa shape index (κ3) is 3.95. The van der Waals surface area contributed by atoms with Crippen LogP contribution >= 0.6 is 0 Å². The molecule has 1 aliphatic carbocycles. The summed E-state index contributed by atoms with van der Waals surface area (Å²) in [5.74, 6) is -0.852. The Hall–Kier alpha value is -3.88. The summed E-state index contributed by atoms with van der Waals surface area (Å²) >= 11 is 0. The minimum atomic E-state index is -1.26. The van der Waals surface area contributed by atoms with Crippen molar-refractivity contribution in [3.63, 3.8) is 0 Å². The lowest BCUT2D eigenvalue weighted by atomic mass is 9.98. The first-order valence-corrected chi connectivity index (χ1v) is 9.40. The summed E-state index contributed by atoms with van der Waals surface area (Å²) in [5.41, 5.74) is 4.38. The van der Waals surface area contributed by atoms with Gasteiger partial charge in [0.15, 0.2) is 11.6 Å². The van der Waals surface area contributed by atoms with E-state index in [0.29, 0.717) is 5.82 Å². The van der Waals surface area contributed by atoms with Gasteiger partial charge in [-0.05, 0) is 29.2 Å². The number of amides is 1. The summed E-state index contributed by atoms with van der Waals surface area (Å²) in [5, 5.41) is 26.8. The van der Waals surface area contributed by atoms with Crippen molar-refractivity contribution < 1.29 is 19.4 Å². The summed E-state index contributed by atoms with van der Waals surface area (Å²) in [6, 6.07) is 14.7. The minimum Gasteiger partial charge on any atom is -0.480 e. The van der Waals surface area contributed by atoms with Crippen LogP contribution in [0.2, 0.25) is 0 Å². The van der Waals surface area contributed by atoms with E-state index in [4.69, 9.17) is 4.74 Å². The van der Waals surface area contributed by atoms with Gasteiger partial charge in [-0.2, -0.15) is 0 Å². The van der Waals surface area contributed by atoms with E-state index >= 15 is 0 Å². The van der Waals surface area contributed by atoms with Crippen LogP contribution in [0.3, 0.4) is 0 Å². The Kier molecular flexibility index (Phi) is 5.34.